The zero-order valence-electron chi connectivity index (χ0n) is 26.2. The number of hydrogen-bond acceptors (Lipinski definition) is 8. The summed E-state index contributed by atoms with van der Waals surface area (Å²) < 4.78 is 40.7. The molecule has 1 aliphatic rings. The molecular formula is C32H45N5O6S. The molecule has 44 heavy (non-hydrogen) atoms. The first-order chi connectivity index (χ1) is 20.7. The average molecular weight is 628 g/mol. The van der Waals surface area contributed by atoms with Crippen LogP contribution in [0.1, 0.15) is 67.3 Å². The number of benzene rings is 2. The highest BCUT2D eigenvalue weighted by Crippen LogP contribution is 2.42. The van der Waals surface area contributed by atoms with Crippen molar-refractivity contribution in [3.05, 3.63) is 70.8 Å². The molecule has 0 unspecified atom stereocenters. The summed E-state index contributed by atoms with van der Waals surface area (Å²) in [4.78, 5) is 29.5. The van der Waals surface area contributed by atoms with Gasteiger partial charge >= 0.3 is 5.97 Å². The Kier molecular flexibility index (Phi) is 11.6. The number of carbonyl (C=O) groups is 2. The third-order valence-corrected chi connectivity index (χ3v) is 9.32. The largest absolute Gasteiger partial charge is 0.487 e. The van der Waals surface area contributed by atoms with Gasteiger partial charge in [0.1, 0.15) is 24.0 Å². The summed E-state index contributed by atoms with van der Waals surface area (Å²) in [7, 11) is -4.02. The van der Waals surface area contributed by atoms with Gasteiger partial charge in [-0.15, -0.1) is 6.58 Å². The lowest BCUT2D eigenvalue weighted by molar-refractivity contribution is -0.149. The first-order valence-electron chi connectivity index (χ1n) is 14.7. The topological polar surface area (TPSA) is 175 Å². The quantitative estimate of drug-likeness (QED) is 0.0861. The third kappa shape index (κ3) is 8.82. The molecule has 0 bridgehead atoms. The number of ether oxygens (including phenoxy) is 2. The molecule has 6 N–H and O–H groups in total. The Morgan fingerprint density at radius 3 is 2.50 bits per heavy atom. The number of fused-ring (bicyclic) bond motifs is 1. The number of nitrogens with two attached hydrogens (primary N) is 2. The van der Waals surface area contributed by atoms with Gasteiger partial charge in [-0.25, -0.2) is 17.9 Å². The van der Waals surface area contributed by atoms with E-state index in [9.17, 15) is 18.0 Å². The minimum atomic E-state index is -4.02. The van der Waals surface area contributed by atoms with Gasteiger partial charge < -0.3 is 26.3 Å². The molecule has 2 atom stereocenters. The molecule has 3 rings (SSSR count). The Labute approximate surface area is 260 Å². The van der Waals surface area contributed by atoms with E-state index in [1.807, 2.05) is 51.1 Å². The molecule has 0 radical (unpaired) electrons. The van der Waals surface area contributed by atoms with E-state index in [0.29, 0.717) is 24.0 Å². The number of nitrogens with one attached hydrogen (secondary N) is 2. The Morgan fingerprint density at radius 2 is 1.84 bits per heavy atom. The lowest BCUT2D eigenvalue weighted by atomic mass is 9.88. The number of aliphatic imine (C=N–C) groups is 1. The fourth-order valence-electron chi connectivity index (χ4n) is 5.10. The van der Waals surface area contributed by atoms with Gasteiger partial charge in [0.2, 0.25) is 11.9 Å². The number of amides is 1. The average Bonchev–Trinajstić information content (AvgIpc) is 2.96. The highest BCUT2D eigenvalue weighted by atomic mass is 32.2. The minimum Gasteiger partial charge on any atom is -0.487 e. The minimum absolute atomic E-state index is 0.0798. The summed E-state index contributed by atoms with van der Waals surface area (Å²) >= 11 is 0. The van der Waals surface area contributed by atoms with Gasteiger partial charge in [-0.1, -0.05) is 36.4 Å². The van der Waals surface area contributed by atoms with Gasteiger partial charge in [0.15, 0.2) is 0 Å². The highest BCUT2D eigenvalue weighted by molar-refractivity contribution is 7.90. The standard InChI is InChI=1S/C32H45N5O6S/c1-7-12-26(30(39)42-19-23-13-9-8-10-14-23)36-29(38)25(33)15-11-18-35-31(34)37-44(40,41)28-21(3)20(2)27-24(22(28)4)16-17-32(5,6)43-27/h7-10,13-14,25-26H,1,11-12,15-19,33H2,2-6H3,(H,36,38)(H3,34,35,37)/t25-,26+/m1/s1. The highest BCUT2D eigenvalue weighted by Gasteiger charge is 2.33. The van der Waals surface area contributed by atoms with Gasteiger partial charge in [0.25, 0.3) is 10.0 Å². The molecule has 1 amide bonds. The van der Waals surface area contributed by atoms with E-state index in [0.717, 1.165) is 28.9 Å². The van der Waals surface area contributed by atoms with Crippen LogP contribution in [-0.4, -0.2) is 50.5 Å². The molecule has 240 valence electrons. The van der Waals surface area contributed by atoms with E-state index in [-0.39, 0.29) is 42.4 Å². The van der Waals surface area contributed by atoms with Crippen molar-refractivity contribution < 1.29 is 27.5 Å². The maximum atomic E-state index is 13.4. The molecule has 0 aromatic heterocycles. The van der Waals surface area contributed by atoms with Gasteiger partial charge in [0, 0.05) is 6.54 Å². The number of carbonyl (C=O) groups excluding carboxylic acids is 2. The lowest BCUT2D eigenvalue weighted by Crippen LogP contribution is -2.48. The zero-order valence-corrected chi connectivity index (χ0v) is 27.1. The summed E-state index contributed by atoms with van der Waals surface area (Å²) in [6, 6.07) is 7.36. The van der Waals surface area contributed by atoms with Gasteiger partial charge in [-0.3, -0.25) is 9.79 Å². The van der Waals surface area contributed by atoms with E-state index in [4.69, 9.17) is 20.9 Å². The van der Waals surface area contributed by atoms with Crippen LogP contribution in [0, 0.1) is 20.8 Å². The van der Waals surface area contributed by atoms with E-state index in [1.165, 1.54) is 6.08 Å². The maximum Gasteiger partial charge on any atom is 0.329 e. The summed E-state index contributed by atoms with van der Waals surface area (Å²) in [6.07, 6.45) is 3.76. The Morgan fingerprint density at radius 1 is 1.16 bits per heavy atom. The molecule has 2 aromatic rings. The van der Waals surface area contributed by atoms with Crippen LogP contribution >= 0.6 is 0 Å². The number of sulfonamides is 1. The normalized spacial score (nSPS) is 15.7. The number of rotatable bonds is 13. The van der Waals surface area contributed by atoms with Crippen molar-refractivity contribution in [2.45, 2.75) is 95.9 Å². The molecule has 0 fully saturated rings. The van der Waals surface area contributed by atoms with E-state index in [2.05, 4.69) is 21.6 Å². The molecule has 12 heteroatoms. The van der Waals surface area contributed by atoms with Gasteiger partial charge in [-0.05, 0) is 94.5 Å². The second-order valence-corrected chi connectivity index (χ2v) is 13.3. The summed E-state index contributed by atoms with van der Waals surface area (Å²) in [6.45, 7) is 13.3. The van der Waals surface area contributed by atoms with Crippen molar-refractivity contribution >= 4 is 27.9 Å². The van der Waals surface area contributed by atoms with Crippen LogP contribution in [0.4, 0.5) is 0 Å². The number of hydrogen-bond donors (Lipinski definition) is 4. The molecule has 0 saturated carbocycles. The van der Waals surface area contributed by atoms with Crippen molar-refractivity contribution in [3.8, 4) is 5.75 Å². The molecule has 1 aliphatic heterocycles. The molecule has 0 saturated heterocycles. The lowest BCUT2D eigenvalue weighted by Gasteiger charge is -2.35. The molecular weight excluding hydrogens is 582 g/mol. The van der Waals surface area contributed by atoms with Crippen LogP contribution in [0.5, 0.6) is 5.75 Å². The van der Waals surface area contributed by atoms with Crippen molar-refractivity contribution in [2.24, 2.45) is 16.5 Å². The molecule has 2 aromatic carbocycles. The third-order valence-electron chi connectivity index (χ3n) is 7.69. The van der Waals surface area contributed by atoms with E-state index >= 15 is 0 Å². The Bertz CT molecular complexity index is 1500. The first kappa shape index (κ1) is 34.6. The Balaban J connectivity index is 1.55. The molecule has 11 nitrogen and oxygen atoms in total. The SMILES string of the molecule is C=CC[C@H](NC(=O)[C@H](N)CCCN=C(N)NS(=O)(=O)c1c(C)c(C)c2c(c1C)CCC(C)(C)O2)C(=O)OCc1ccccc1. The maximum absolute atomic E-state index is 13.4. The fourth-order valence-corrected chi connectivity index (χ4v) is 6.63. The summed E-state index contributed by atoms with van der Waals surface area (Å²) in [5, 5.41) is 2.62. The van der Waals surface area contributed by atoms with Crippen LogP contribution in [0.3, 0.4) is 0 Å². The predicted octanol–water partition coefficient (Wildman–Crippen LogP) is 3.22. The van der Waals surface area contributed by atoms with Gasteiger partial charge in [0.05, 0.1) is 10.9 Å². The van der Waals surface area contributed by atoms with Crippen molar-refractivity contribution in [2.75, 3.05) is 6.54 Å². The number of esters is 1. The van der Waals surface area contributed by atoms with Crippen LogP contribution in [0.25, 0.3) is 0 Å². The molecule has 0 spiro atoms. The molecule has 1 heterocycles. The second-order valence-electron chi connectivity index (χ2n) is 11.7. The fraction of sp³-hybridized carbons (Fsp3) is 0.469. The zero-order chi connectivity index (χ0) is 32.7. The second kappa shape index (κ2) is 14.7. The van der Waals surface area contributed by atoms with E-state index in [1.54, 1.807) is 13.8 Å². The van der Waals surface area contributed by atoms with Crippen LogP contribution in [0.15, 0.2) is 52.9 Å². The monoisotopic (exact) mass is 627 g/mol. The van der Waals surface area contributed by atoms with Crippen molar-refractivity contribution in [3.63, 3.8) is 0 Å². The number of guanidine groups is 1. The van der Waals surface area contributed by atoms with Crippen molar-refractivity contribution in [1.82, 2.24) is 10.0 Å². The van der Waals surface area contributed by atoms with Gasteiger partial charge in [-0.2, -0.15) is 0 Å². The first-order valence-corrected chi connectivity index (χ1v) is 16.2. The smallest absolute Gasteiger partial charge is 0.329 e. The van der Waals surface area contributed by atoms with E-state index < -0.39 is 34.0 Å². The predicted molar refractivity (Wildman–Crippen MR) is 171 cm³/mol. The Hall–Kier alpha value is -3.90. The van der Waals surface area contributed by atoms with Crippen LogP contribution < -0.4 is 26.2 Å². The number of nitrogens with zero attached hydrogens (tertiary/aromatic N) is 1. The molecule has 0 aliphatic carbocycles. The van der Waals surface area contributed by atoms with Crippen LogP contribution in [-0.2, 0) is 37.4 Å². The van der Waals surface area contributed by atoms with Crippen LogP contribution in [0.2, 0.25) is 0 Å². The summed E-state index contributed by atoms with van der Waals surface area (Å²) in [5.74, 6) is -0.624. The summed E-state index contributed by atoms with van der Waals surface area (Å²) in [5.41, 5.74) is 15.4. The van der Waals surface area contributed by atoms with Crippen molar-refractivity contribution in [1.29, 1.82) is 0 Å².